The third kappa shape index (κ3) is 11.3. The van der Waals surface area contributed by atoms with Crippen LogP contribution < -0.4 is 27.4 Å². The maximum Gasteiger partial charge on any atom is 0.326 e. The predicted molar refractivity (Wildman–Crippen MR) is 120 cm³/mol. The van der Waals surface area contributed by atoms with Gasteiger partial charge < -0.3 is 37.6 Å². The van der Waals surface area contributed by atoms with Gasteiger partial charge in [0.15, 0.2) is 0 Å². The predicted octanol–water partition coefficient (Wildman–Crippen LogP) is -1.57. The van der Waals surface area contributed by atoms with Crippen LogP contribution in [0.4, 0.5) is 0 Å². The molecular formula is C19H35N5O7S. The van der Waals surface area contributed by atoms with E-state index in [2.05, 4.69) is 28.6 Å². The van der Waals surface area contributed by atoms with Gasteiger partial charge in [0, 0.05) is 12.2 Å². The number of rotatable bonds is 16. The molecule has 4 atom stereocenters. The first-order valence-electron chi connectivity index (χ1n) is 10.4. The van der Waals surface area contributed by atoms with Gasteiger partial charge in [0.2, 0.25) is 17.7 Å². The van der Waals surface area contributed by atoms with E-state index in [1.807, 2.05) is 0 Å². The van der Waals surface area contributed by atoms with Crippen molar-refractivity contribution in [3.63, 3.8) is 0 Å². The highest BCUT2D eigenvalue weighted by Crippen LogP contribution is 2.06. The van der Waals surface area contributed by atoms with Gasteiger partial charge in [-0.2, -0.15) is 12.6 Å². The number of nitrogens with two attached hydrogens (primary N) is 2. The second kappa shape index (κ2) is 15.4. The van der Waals surface area contributed by atoms with Crippen LogP contribution in [-0.2, 0) is 24.0 Å². The Hall–Kier alpha value is -2.38. The molecule has 0 aromatic rings. The lowest BCUT2D eigenvalue weighted by atomic mass is 10.0. The quantitative estimate of drug-likeness (QED) is 0.0950. The molecule has 9 N–H and O–H groups in total. The Kier molecular flexibility index (Phi) is 14.3. The fourth-order valence-electron chi connectivity index (χ4n) is 2.69. The molecule has 0 fully saturated rings. The van der Waals surface area contributed by atoms with Gasteiger partial charge in [-0.15, -0.1) is 0 Å². The molecule has 0 aliphatic rings. The molecule has 3 amide bonds. The van der Waals surface area contributed by atoms with Crippen LogP contribution in [0, 0.1) is 5.92 Å². The van der Waals surface area contributed by atoms with Crippen LogP contribution in [0.15, 0.2) is 0 Å². The number of carboxylic acids is 2. The zero-order chi connectivity index (χ0) is 24.8. The van der Waals surface area contributed by atoms with Crippen molar-refractivity contribution in [2.75, 3.05) is 12.3 Å². The summed E-state index contributed by atoms with van der Waals surface area (Å²) in [6.07, 6.45) is 0.997. The first-order valence-corrected chi connectivity index (χ1v) is 11.0. The Bertz CT molecular complexity index is 662. The van der Waals surface area contributed by atoms with Gasteiger partial charge in [-0.25, -0.2) is 4.79 Å². The molecule has 0 bridgehead atoms. The average molecular weight is 478 g/mol. The summed E-state index contributed by atoms with van der Waals surface area (Å²) in [6.45, 7) is 3.65. The molecule has 4 unspecified atom stereocenters. The highest BCUT2D eigenvalue weighted by molar-refractivity contribution is 7.80. The molecule has 0 heterocycles. The summed E-state index contributed by atoms with van der Waals surface area (Å²) in [6, 6.07) is -4.53. The van der Waals surface area contributed by atoms with Crippen LogP contribution in [0.1, 0.15) is 46.0 Å². The average Bonchev–Trinajstić information content (AvgIpc) is 2.71. The molecule has 0 rings (SSSR count). The minimum atomic E-state index is -1.32. The molecule has 12 nitrogen and oxygen atoms in total. The van der Waals surface area contributed by atoms with Crippen LogP contribution >= 0.6 is 12.6 Å². The van der Waals surface area contributed by atoms with Crippen LogP contribution in [0.25, 0.3) is 0 Å². The van der Waals surface area contributed by atoms with Crippen molar-refractivity contribution < 1.29 is 34.2 Å². The van der Waals surface area contributed by atoms with E-state index in [9.17, 15) is 29.1 Å². The van der Waals surface area contributed by atoms with E-state index < -0.39 is 66.2 Å². The topological polar surface area (TPSA) is 214 Å². The first-order chi connectivity index (χ1) is 14.9. The van der Waals surface area contributed by atoms with Crippen molar-refractivity contribution >= 4 is 42.3 Å². The van der Waals surface area contributed by atoms with Crippen LogP contribution in [-0.4, -0.2) is 76.3 Å². The molecule has 32 heavy (non-hydrogen) atoms. The number of thiol groups is 1. The number of carboxylic acid groups (broad SMARTS) is 2. The summed E-state index contributed by atoms with van der Waals surface area (Å²) in [5.41, 5.74) is 11.2. The standard InChI is InChI=1S/C19H35N5O7S/c1-10(2)15(19(30)31)24-17(28)12(6-7-14(25)26)22-18(29)13(9-32)23-16(27)11(21)5-3-4-8-20/h10-13,15,32H,3-9,20-21H2,1-2H3,(H,22,29)(H,23,27)(H,24,28)(H,25,26)(H,30,31). The molecule has 0 saturated heterocycles. The molecule has 13 heteroatoms. The number of hydrogen-bond donors (Lipinski definition) is 8. The maximum absolute atomic E-state index is 12.6. The van der Waals surface area contributed by atoms with Crippen molar-refractivity contribution in [3.05, 3.63) is 0 Å². The fraction of sp³-hybridized carbons (Fsp3) is 0.737. The Labute approximate surface area is 192 Å². The Morgan fingerprint density at radius 3 is 1.91 bits per heavy atom. The molecule has 0 aromatic carbocycles. The van der Waals surface area contributed by atoms with Crippen molar-refractivity contribution in [2.24, 2.45) is 17.4 Å². The molecule has 0 aliphatic carbocycles. The summed E-state index contributed by atoms with van der Waals surface area (Å²) in [4.78, 5) is 59.7. The molecular weight excluding hydrogens is 442 g/mol. The Morgan fingerprint density at radius 1 is 0.875 bits per heavy atom. The van der Waals surface area contributed by atoms with Gasteiger partial charge in [0.05, 0.1) is 6.04 Å². The molecule has 0 aliphatic heterocycles. The number of carbonyl (C=O) groups is 5. The zero-order valence-corrected chi connectivity index (χ0v) is 19.3. The lowest BCUT2D eigenvalue weighted by molar-refractivity contribution is -0.144. The number of nitrogens with one attached hydrogen (secondary N) is 3. The lowest BCUT2D eigenvalue weighted by Gasteiger charge is -2.25. The molecule has 0 radical (unpaired) electrons. The zero-order valence-electron chi connectivity index (χ0n) is 18.4. The van der Waals surface area contributed by atoms with Gasteiger partial charge in [-0.1, -0.05) is 20.3 Å². The maximum atomic E-state index is 12.6. The van der Waals surface area contributed by atoms with E-state index >= 15 is 0 Å². The van der Waals surface area contributed by atoms with Crippen molar-refractivity contribution in [1.82, 2.24) is 16.0 Å². The van der Waals surface area contributed by atoms with Crippen LogP contribution in [0.2, 0.25) is 0 Å². The van der Waals surface area contributed by atoms with Gasteiger partial charge >= 0.3 is 11.9 Å². The highest BCUT2D eigenvalue weighted by atomic mass is 32.1. The third-order valence-electron chi connectivity index (χ3n) is 4.63. The fourth-order valence-corrected chi connectivity index (χ4v) is 2.95. The van der Waals surface area contributed by atoms with Gasteiger partial charge in [-0.05, 0) is 31.7 Å². The summed E-state index contributed by atoms with van der Waals surface area (Å²) in [5, 5.41) is 25.3. The minimum Gasteiger partial charge on any atom is -0.481 e. The lowest BCUT2D eigenvalue weighted by Crippen LogP contribution is -2.58. The van der Waals surface area contributed by atoms with Crippen LogP contribution in [0.3, 0.4) is 0 Å². The normalized spacial score (nSPS) is 14.7. The third-order valence-corrected chi connectivity index (χ3v) is 5.00. The summed E-state index contributed by atoms with van der Waals surface area (Å²) < 4.78 is 0. The van der Waals surface area contributed by atoms with E-state index in [4.69, 9.17) is 16.6 Å². The second-order valence-corrected chi connectivity index (χ2v) is 8.06. The van der Waals surface area contributed by atoms with Gasteiger partial charge in [0.25, 0.3) is 0 Å². The van der Waals surface area contributed by atoms with E-state index in [0.29, 0.717) is 25.8 Å². The first kappa shape index (κ1) is 29.6. The molecule has 0 spiro atoms. The monoisotopic (exact) mass is 477 g/mol. The number of aliphatic carboxylic acids is 2. The van der Waals surface area contributed by atoms with Crippen molar-refractivity contribution in [1.29, 1.82) is 0 Å². The summed E-state index contributed by atoms with van der Waals surface area (Å²) >= 11 is 4.05. The summed E-state index contributed by atoms with van der Waals surface area (Å²) in [7, 11) is 0. The number of unbranched alkanes of at least 4 members (excludes halogenated alkanes) is 1. The summed E-state index contributed by atoms with van der Waals surface area (Å²) in [5.74, 6) is -5.21. The van der Waals surface area contributed by atoms with E-state index in [1.54, 1.807) is 13.8 Å². The largest absolute Gasteiger partial charge is 0.481 e. The van der Waals surface area contributed by atoms with Gasteiger partial charge in [-0.3, -0.25) is 19.2 Å². The number of carbonyl (C=O) groups excluding carboxylic acids is 3. The molecule has 0 saturated carbocycles. The van der Waals surface area contributed by atoms with Crippen molar-refractivity contribution in [2.45, 2.75) is 70.1 Å². The van der Waals surface area contributed by atoms with Crippen LogP contribution in [0.5, 0.6) is 0 Å². The smallest absolute Gasteiger partial charge is 0.326 e. The molecule has 184 valence electrons. The molecule has 0 aromatic heterocycles. The number of hydrogen-bond acceptors (Lipinski definition) is 8. The number of amides is 3. The van der Waals surface area contributed by atoms with E-state index in [1.165, 1.54) is 0 Å². The highest BCUT2D eigenvalue weighted by Gasteiger charge is 2.31. The second-order valence-electron chi connectivity index (χ2n) is 7.70. The minimum absolute atomic E-state index is 0.107. The van der Waals surface area contributed by atoms with Gasteiger partial charge in [0.1, 0.15) is 18.1 Å². The van der Waals surface area contributed by atoms with Crippen molar-refractivity contribution in [3.8, 4) is 0 Å². The SMILES string of the molecule is CC(C)C(NC(=O)C(CCC(=O)O)NC(=O)C(CS)NC(=O)C(N)CCCCN)C(=O)O. The Balaban J connectivity index is 5.23. The van der Waals surface area contributed by atoms with E-state index in [0.717, 1.165) is 0 Å². The van der Waals surface area contributed by atoms with E-state index in [-0.39, 0.29) is 12.2 Å². The Morgan fingerprint density at radius 2 is 1.44 bits per heavy atom.